The molecule has 1 aromatic rings. The molecule has 1 fully saturated rings. The molecule has 5 heteroatoms. The molecule has 0 aromatic heterocycles. The molecule has 19 heavy (non-hydrogen) atoms. The molecule has 1 N–H and O–H groups in total. The van der Waals surface area contributed by atoms with Gasteiger partial charge in [0.2, 0.25) is 0 Å². The van der Waals surface area contributed by atoms with E-state index in [4.69, 9.17) is 11.6 Å². The Kier molecular flexibility index (Phi) is 4.29. The normalized spacial score (nSPS) is 17.9. The fourth-order valence-corrected chi connectivity index (χ4v) is 2.60. The van der Waals surface area contributed by atoms with Crippen molar-refractivity contribution in [2.24, 2.45) is 5.92 Å². The second-order valence-electron chi connectivity index (χ2n) is 5.27. The Morgan fingerprint density at radius 3 is 2.53 bits per heavy atom. The molecular formula is C14H17ClF3N. The standard InChI is InChI=1S/C14H17ClF3N/c1-9(7-10-3-2-4-10)19-13-6-5-11(8-12(13)15)14(16,17)18/h5-6,8-10,19H,2-4,7H2,1H3. The Labute approximate surface area is 116 Å². The number of rotatable bonds is 4. The van der Waals surface area contributed by atoms with E-state index in [1.807, 2.05) is 6.92 Å². The number of anilines is 1. The van der Waals surface area contributed by atoms with Crippen molar-refractivity contribution >= 4 is 17.3 Å². The van der Waals surface area contributed by atoms with Crippen LogP contribution in [-0.4, -0.2) is 6.04 Å². The van der Waals surface area contributed by atoms with Gasteiger partial charge in [0.1, 0.15) is 0 Å². The maximum Gasteiger partial charge on any atom is 0.416 e. The predicted octanol–water partition coefficient (Wildman–Crippen LogP) is 5.35. The summed E-state index contributed by atoms with van der Waals surface area (Å²) in [5, 5.41) is 3.31. The van der Waals surface area contributed by atoms with E-state index >= 15 is 0 Å². The van der Waals surface area contributed by atoms with Gasteiger partial charge < -0.3 is 5.32 Å². The highest BCUT2D eigenvalue weighted by molar-refractivity contribution is 6.33. The lowest BCUT2D eigenvalue weighted by Gasteiger charge is -2.29. The van der Waals surface area contributed by atoms with Crippen LogP contribution in [0, 0.1) is 5.92 Å². The molecule has 0 saturated heterocycles. The van der Waals surface area contributed by atoms with Crippen LogP contribution >= 0.6 is 11.6 Å². The Hall–Kier alpha value is -0.900. The molecule has 1 aromatic carbocycles. The average Bonchev–Trinajstić information content (AvgIpc) is 2.25. The molecule has 2 rings (SSSR count). The summed E-state index contributed by atoms with van der Waals surface area (Å²) in [6, 6.07) is 3.66. The van der Waals surface area contributed by atoms with E-state index in [1.165, 1.54) is 25.3 Å². The predicted molar refractivity (Wildman–Crippen MR) is 71.5 cm³/mol. The van der Waals surface area contributed by atoms with Crippen molar-refractivity contribution < 1.29 is 13.2 Å². The highest BCUT2D eigenvalue weighted by Crippen LogP contribution is 2.35. The van der Waals surface area contributed by atoms with Gasteiger partial charge in [-0.25, -0.2) is 0 Å². The van der Waals surface area contributed by atoms with Crippen LogP contribution in [-0.2, 0) is 6.18 Å². The Bertz CT molecular complexity index is 441. The number of alkyl halides is 3. The van der Waals surface area contributed by atoms with Crippen LogP contribution < -0.4 is 5.32 Å². The SMILES string of the molecule is CC(CC1CCC1)Nc1ccc(C(F)(F)F)cc1Cl. The van der Waals surface area contributed by atoms with E-state index in [2.05, 4.69) is 5.32 Å². The second kappa shape index (κ2) is 5.61. The molecule has 1 nitrogen and oxygen atoms in total. The van der Waals surface area contributed by atoms with Crippen LogP contribution in [0.3, 0.4) is 0 Å². The molecule has 1 aliphatic carbocycles. The van der Waals surface area contributed by atoms with Crippen LogP contribution in [0.1, 0.15) is 38.2 Å². The van der Waals surface area contributed by atoms with Crippen LogP contribution in [0.25, 0.3) is 0 Å². The van der Waals surface area contributed by atoms with Crippen molar-refractivity contribution in [1.29, 1.82) is 0 Å². The molecule has 106 valence electrons. The topological polar surface area (TPSA) is 12.0 Å². The summed E-state index contributed by atoms with van der Waals surface area (Å²) in [6.07, 6.45) is 0.495. The third-order valence-corrected chi connectivity index (χ3v) is 3.92. The lowest BCUT2D eigenvalue weighted by atomic mass is 9.81. The molecule has 0 bridgehead atoms. The first-order valence-corrected chi connectivity index (χ1v) is 6.87. The van der Waals surface area contributed by atoms with Crippen molar-refractivity contribution in [2.45, 2.75) is 44.8 Å². The lowest BCUT2D eigenvalue weighted by Crippen LogP contribution is -2.23. The van der Waals surface area contributed by atoms with Gasteiger partial charge in [0, 0.05) is 6.04 Å². The third kappa shape index (κ3) is 3.78. The highest BCUT2D eigenvalue weighted by atomic mass is 35.5. The van der Waals surface area contributed by atoms with Gasteiger partial charge in [-0.3, -0.25) is 0 Å². The Balaban J connectivity index is 2.00. The first-order valence-electron chi connectivity index (χ1n) is 6.49. The minimum Gasteiger partial charge on any atom is -0.381 e. The monoisotopic (exact) mass is 291 g/mol. The molecule has 1 saturated carbocycles. The smallest absolute Gasteiger partial charge is 0.381 e. The molecule has 0 aliphatic heterocycles. The molecule has 0 spiro atoms. The van der Waals surface area contributed by atoms with Crippen molar-refractivity contribution in [3.63, 3.8) is 0 Å². The van der Waals surface area contributed by atoms with Gasteiger partial charge in [-0.2, -0.15) is 13.2 Å². The van der Waals surface area contributed by atoms with Gasteiger partial charge in [-0.15, -0.1) is 0 Å². The summed E-state index contributed by atoms with van der Waals surface area (Å²) < 4.78 is 37.5. The van der Waals surface area contributed by atoms with Gasteiger partial charge in [0.25, 0.3) is 0 Å². The van der Waals surface area contributed by atoms with Crippen molar-refractivity contribution in [3.8, 4) is 0 Å². The largest absolute Gasteiger partial charge is 0.416 e. The number of benzene rings is 1. The van der Waals surface area contributed by atoms with E-state index in [1.54, 1.807) is 0 Å². The van der Waals surface area contributed by atoms with Crippen molar-refractivity contribution in [1.82, 2.24) is 0 Å². The zero-order valence-corrected chi connectivity index (χ0v) is 11.5. The lowest BCUT2D eigenvalue weighted by molar-refractivity contribution is -0.137. The van der Waals surface area contributed by atoms with Crippen molar-refractivity contribution in [3.05, 3.63) is 28.8 Å². The summed E-state index contributed by atoms with van der Waals surface area (Å²) >= 11 is 5.90. The molecule has 0 amide bonds. The van der Waals surface area contributed by atoms with Gasteiger partial charge in [-0.05, 0) is 37.5 Å². The first kappa shape index (κ1) is 14.5. The average molecular weight is 292 g/mol. The van der Waals surface area contributed by atoms with Gasteiger partial charge in [0.05, 0.1) is 16.3 Å². The third-order valence-electron chi connectivity index (χ3n) is 3.61. The number of nitrogens with one attached hydrogen (secondary N) is 1. The number of halogens is 4. The summed E-state index contributed by atoms with van der Waals surface area (Å²) in [7, 11) is 0. The quantitative estimate of drug-likeness (QED) is 0.788. The Morgan fingerprint density at radius 1 is 1.37 bits per heavy atom. The van der Waals surface area contributed by atoms with Crippen LogP contribution in [0.2, 0.25) is 5.02 Å². The van der Waals surface area contributed by atoms with E-state index in [0.29, 0.717) is 5.69 Å². The number of hydrogen-bond donors (Lipinski definition) is 1. The molecule has 0 radical (unpaired) electrons. The van der Waals surface area contributed by atoms with E-state index < -0.39 is 11.7 Å². The molecular weight excluding hydrogens is 275 g/mol. The molecule has 1 unspecified atom stereocenters. The van der Waals surface area contributed by atoms with Gasteiger partial charge in [-0.1, -0.05) is 30.9 Å². The maximum atomic E-state index is 12.5. The van der Waals surface area contributed by atoms with Gasteiger partial charge >= 0.3 is 6.18 Å². The minimum atomic E-state index is -4.35. The zero-order valence-electron chi connectivity index (χ0n) is 10.7. The molecule has 1 aliphatic rings. The summed E-state index contributed by atoms with van der Waals surface area (Å²) in [6.45, 7) is 2.03. The van der Waals surface area contributed by atoms with E-state index in [-0.39, 0.29) is 11.1 Å². The fourth-order valence-electron chi connectivity index (χ4n) is 2.36. The molecule has 1 atom stereocenters. The first-order chi connectivity index (χ1) is 8.86. The van der Waals surface area contributed by atoms with Crippen LogP contribution in [0.5, 0.6) is 0 Å². The second-order valence-corrected chi connectivity index (χ2v) is 5.68. The van der Waals surface area contributed by atoms with Crippen LogP contribution in [0.15, 0.2) is 18.2 Å². The van der Waals surface area contributed by atoms with Gasteiger partial charge in [0.15, 0.2) is 0 Å². The summed E-state index contributed by atoms with van der Waals surface area (Å²) in [5.41, 5.74) is -0.142. The maximum absolute atomic E-state index is 12.5. The number of hydrogen-bond acceptors (Lipinski definition) is 1. The minimum absolute atomic E-state index is 0.121. The van der Waals surface area contributed by atoms with E-state index in [0.717, 1.165) is 24.5 Å². The van der Waals surface area contributed by atoms with Crippen LogP contribution in [0.4, 0.5) is 18.9 Å². The van der Waals surface area contributed by atoms with Crippen molar-refractivity contribution in [2.75, 3.05) is 5.32 Å². The highest BCUT2D eigenvalue weighted by Gasteiger charge is 2.31. The fraction of sp³-hybridized carbons (Fsp3) is 0.571. The van der Waals surface area contributed by atoms with E-state index in [9.17, 15) is 13.2 Å². The molecule has 0 heterocycles. The summed E-state index contributed by atoms with van der Waals surface area (Å²) in [5.74, 6) is 0.746. The zero-order chi connectivity index (χ0) is 14.0. The Morgan fingerprint density at radius 2 is 2.05 bits per heavy atom. The summed E-state index contributed by atoms with van der Waals surface area (Å²) in [4.78, 5) is 0.